The van der Waals surface area contributed by atoms with Crippen molar-refractivity contribution in [3.8, 4) is 0 Å². The van der Waals surface area contributed by atoms with Crippen LogP contribution in [-0.4, -0.2) is 15.8 Å². The van der Waals surface area contributed by atoms with Crippen LogP contribution in [-0.2, 0) is 6.54 Å². The van der Waals surface area contributed by atoms with Crippen molar-refractivity contribution in [2.24, 2.45) is 0 Å². The molecule has 1 aromatic heterocycles. The van der Waals surface area contributed by atoms with E-state index in [1.54, 1.807) is 23.1 Å². The van der Waals surface area contributed by atoms with Crippen molar-refractivity contribution < 1.29 is 13.6 Å². The smallest absolute Gasteiger partial charge is 0.405 e. The molecular weight excluding hydrogens is 299 g/mol. The molecule has 1 unspecified atom stereocenters. The molecule has 116 valence electrons. The molecule has 0 aliphatic carbocycles. The van der Waals surface area contributed by atoms with Gasteiger partial charge in [-0.2, -0.15) is 0 Å². The van der Waals surface area contributed by atoms with Gasteiger partial charge in [-0.3, -0.25) is 9.78 Å². The first kappa shape index (κ1) is 13.8. The first-order chi connectivity index (χ1) is 11.1. The molecule has 1 aliphatic heterocycles. The summed E-state index contributed by atoms with van der Waals surface area (Å²) in [5.74, 6) is -1.44. The molecule has 0 fully saturated rings. The number of aromatic amines is 1. The van der Waals surface area contributed by atoms with Crippen LogP contribution < -0.4 is 5.76 Å². The summed E-state index contributed by atoms with van der Waals surface area (Å²) in [4.78, 5) is 27.7. The number of hydrogen-bond acceptors (Lipinski definition) is 3. The Kier molecular flexibility index (Phi) is 2.87. The predicted molar refractivity (Wildman–Crippen MR) is 81.5 cm³/mol. The number of fused-ring (bicyclic) bond motifs is 2. The van der Waals surface area contributed by atoms with Crippen LogP contribution >= 0.6 is 0 Å². The van der Waals surface area contributed by atoms with Crippen LogP contribution in [0.2, 0.25) is 0 Å². The highest BCUT2D eigenvalue weighted by Gasteiger charge is 2.34. The van der Waals surface area contributed by atoms with Crippen LogP contribution in [0.15, 0.2) is 45.6 Å². The minimum absolute atomic E-state index is 0.107. The van der Waals surface area contributed by atoms with Crippen molar-refractivity contribution >= 4 is 17.0 Å². The standard InChI is InChI=1S/C17H13FN2O3/c1-9-11-4-2-3-5-12(11)16(21)20(9)8-10-6-7-13-15(14(10)18)23-17(22)19-13/h2-7,9H,8H2,1H3,(H,19,22). The lowest BCUT2D eigenvalue weighted by molar-refractivity contribution is 0.0721. The lowest BCUT2D eigenvalue weighted by Gasteiger charge is -2.22. The third-order valence-corrected chi connectivity index (χ3v) is 4.32. The Labute approximate surface area is 130 Å². The van der Waals surface area contributed by atoms with Crippen LogP contribution in [0.4, 0.5) is 4.39 Å². The summed E-state index contributed by atoms with van der Waals surface area (Å²) in [7, 11) is 0. The quantitative estimate of drug-likeness (QED) is 0.791. The van der Waals surface area contributed by atoms with Gasteiger partial charge in [-0.05, 0) is 24.6 Å². The number of H-pyrrole nitrogens is 1. The van der Waals surface area contributed by atoms with Gasteiger partial charge in [0.15, 0.2) is 11.4 Å². The Balaban J connectivity index is 1.73. The monoisotopic (exact) mass is 312 g/mol. The number of rotatable bonds is 2. The van der Waals surface area contributed by atoms with Crippen LogP contribution in [0.5, 0.6) is 0 Å². The molecule has 0 bridgehead atoms. The number of amides is 1. The normalized spacial score (nSPS) is 17.0. The van der Waals surface area contributed by atoms with Gasteiger partial charge >= 0.3 is 5.76 Å². The molecule has 1 N–H and O–H groups in total. The first-order valence-corrected chi connectivity index (χ1v) is 7.26. The summed E-state index contributed by atoms with van der Waals surface area (Å²) in [6.07, 6.45) is 0. The minimum Gasteiger partial charge on any atom is -0.405 e. The molecule has 3 aromatic rings. The number of nitrogens with zero attached hydrogens (tertiary/aromatic N) is 1. The van der Waals surface area contributed by atoms with Crippen molar-refractivity contribution in [3.05, 3.63) is 69.5 Å². The van der Waals surface area contributed by atoms with E-state index in [4.69, 9.17) is 4.42 Å². The van der Waals surface area contributed by atoms with Crippen LogP contribution in [0, 0.1) is 5.82 Å². The van der Waals surface area contributed by atoms with Gasteiger partial charge in [-0.15, -0.1) is 0 Å². The Bertz CT molecular complexity index is 989. The van der Waals surface area contributed by atoms with Gasteiger partial charge < -0.3 is 9.32 Å². The fourth-order valence-corrected chi connectivity index (χ4v) is 3.09. The average Bonchev–Trinajstić information content (AvgIpc) is 3.04. The van der Waals surface area contributed by atoms with Gasteiger partial charge in [0.2, 0.25) is 0 Å². The molecule has 0 saturated carbocycles. The Morgan fingerprint density at radius 3 is 2.78 bits per heavy atom. The number of hydrogen-bond donors (Lipinski definition) is 1. The average molecular weight is 312 g/mol. The maximum absolute atomic E-state index is 14.5. The number of halogens is 1. The predicted octanol–water partition coefficient (Wildman–Crippen LogP) is 2.98. The van der Waals surface area contributed by atoms with E-state index in [0.717, 1.165) is 5.56 Å². The molecule has 6 heteroatoms. The summed E-state index contributed by atoms with van der Waals surface area (Å²) < 4.78 is 19.4. The highest BCUT2D eigenvalue weighted by atomic mass is 19.1. The fourth-order valence-electron chi connectivity index (χ4n) is 3.09. The number of nitrogens with one attached hydrogen (secondary N) is 1. The fraction of sp³-hybridized carbons (Fsp3) is 0.176. The van der Waals surface area contributed by atoms with E-state index in [1.807, 2.05) is 25.1 Å². The van der Waals surface area contributed by atoms with Gasteiger partial charge in [-0.1, -0.05) is 24.3 Å². The second-order valence-electron chi connectivity index (χ2n) is 5.63. The molecule has 1 aliphatic rings. The second-order valence-corrected chi connectivity index (χ2v) is 5.63. The highest BCUT2D eigenvalue weighted by Crippen LogP contribution is 2.34. The van der Waals surface area contributed by atoms with E-state index in [0.29, 0.717) is 16.6 Å². The lowest BCUT2D eigenvalue weighted by atomic mass is 10.1. The van der Waals surface area contributed by atoms with Crippen molar-refractivity contribution in [3.63, 3.8) is 0 Å². The number of carbonyl (C=O) groups excluding carboxylic acids is 1. The second kappa shape index (κ2) is 4.81. The molecule has 2 heterocycles. The maximum Gasteiger partial charge on any atom is 0.417 e. The maximum atomic E-state index is 14.5. The van der Waals surface area contributed by atoms with E-state index >= 15 is 0 Å². The molecule has 0 saturated heterocycles. The van der Waals surface area contributed by atoms with Gasteiger partial charge in [0.25, 0.3) is 5.91 Å². The zero-order chi connectivity index (χ0) is 16.1. The highest BCUT2D eigenvalue weighted by molar-refractivity contribution is 5.99. The molecular formula is C17H13FN2O3. The largest absolute Gasteiger partial charge is 0.417 e. The van der Waals surface area contributed by atoms with Crippen LogP contribution in [0.1, 0.15) is 34.5 Å². The van der Waals surface area contributed by atoms with E-state index < -0.39 is 11.6 Å². The summed E-state index contributed by atoms with van der Waals surface area (Å²) in [6, 6.07) is 10.4. The lowest BCUT2D eigenvalue weighted by Crippen LogP contribution is -2.26. The summed E-state index contributed by atoms with van der Waals surface area (Å²) in [5, 5.41) is 0. The zero-order valence-corrected chi connectivity index (χ0v) is 12.3. The topological polar surface area (TPSA) is 66.3 Å². The van der Waals surface area contributed by atoms with E-state index in [2.05, 4.69) is 4.98 Å². The minimum atomic E-state index is -0.700. The number of oxazole rings is 1. The summed E-state index contributed by atoms with van der Waals surface area (Å²) in [6.45, 7) is 2.03. The molecule has 1 atom stereocenters. The van der Waals surface area contributed by atoms with Crippen molar-refractivity contribution in [2.45, 2.75) is 19.5 Å². The SMILES string of the molecule is CC1c2ccccc2C(=O)N1Cc1ccc2[nH]c(=O)oc2c1F. The first-order valence-electron chi connectivity index (χ1n) is 7.26. The molecule has 1 amide bonds. The van der Waals surface area contributed by atoms with Crippen molar-refractivity contribution in [1.82, 2.24) is 9.88 Å². The molecule has 23 heavy (non-hydrogen) atoms. The van der Waals surface area contributed by atoms with E-state index in [9.17, 15) is 14.0 Å². The van der Waals surface area contributed by atoms with Gasteiger partial charge in [-0.25, -0.2) is 9.18 Å². The van der Waals surface area contributed by atoms with Gasteiger partial charge in [0, 0.05) is 17.7 Å². The summed E-state index contributed by atoms with van der Waals surface area (Å²) in [5.41, 5.74) is 2.10. The summed E-state index contributed by atoms with van der Waals surface area (Å²) >= 11 is 0. The zero-order valence-electron chi connectivity index (χ0n) is 12.3. The van der Waals surface area contributed by atoms with E-state index in [-0.39, 0.29) is 24.1 Å². The number of benzene rings is 2. The van der Waals surface area contributed by atoms with Crippen LogP contribution in [0.3, 0.4) is 0 Å². The van der Waals surface area contributed by atoms with Crippen molar-refractivity contribution in [1.29, 1.82) is 0 Å². The Morgan fingerprint density at radius 2 is 2.00 bits per heavy atom. The Hall–Kier alpha value is -2.89. The molecule has 5 nitrogen and oxygen atoms in total. The molecule has 2 aromatic carbocycles. The van der Waals surface area contributed by atoms with E-state index in [1.165, 1.54) is 0 Å². The van der Waals surface area contributed by atoms with Crippen molar-refractivity contribution in [2.75, 3.05) is 0 Å². The van der Waals surface area contributed by atoms with Gasteiger partial charge in [0.1, 0.15) is 0 Å². The molecule has 4 rings (SSSR count). The molecule has 0 radical (unpaired) electrons. The van der Waals surface area contributed by atoms with Crippen LogP contribution in [0.25, 0.3) is 11.1 Å². The number of aromatic nitrogens is 1. The third-order valence-electron chi connectivity index (χ3n) is 4.32. The number of carbonyl (C=O) groups is 1. The van der Waals surface area contributed by atoms with Gasteiger partial charge in [0.05, 0.1) is 11.6 Å². The third kappa shape index (κ3) is 1.98. The Morgan fingerprint density at radius 1 is 1.22 bits per heavy atom. The molecule has 0 spiro atoms.